The van der Waals surface area contributed by atoms with Gasteiger partial charge in [-0.15, -0.1) is 0 Å². The van der Waals surface area contributed by atoms with E-state index in [1.807, 2.05) is 12.1 Å². The predicted octanol–water partition coefficient (Wildman–Crippen LogP) is 3.77. The Morgan fingerprint density at radius 2 is 2.31 bits per heavy atom. The van der Waals surface area contributed by atoms with Gasteiger partial charge in [0.2, 0.25) is 0 Å². The van der Waals surface area contributed by atoms with Crippen molar-refractivity contribution in [2.45, 2.75) is 19.8 Å². The average Bonchev–Trinajstić information content (AvgIpc) is 2.10. The Bertz CT molecular complexity index is 299. The minimum Gasteiger partial charge on any atom is -0.352 e. The fraction of sp³-hybridized carbons (Fsp3) is 0.300. The number of benzene rings is 1. The lowest BCUT2D eigenvalue weighted by atomic mass is 10.1. The third-order valence-electron chi connectivity index (χ3n) is 1.80. The van der Waals surface area contributed by atoms with Crippen LogP contribution in [0.3, 0.4) is 0 Å². The SMILES string of the molecule is CCCc1cc(Br)ccc1NC=S. The molecule has 3 heteroatoms. The fourth-order valence-electron chi connectivity index (χ4n) is 1.24. The van der Waals surface area contributed by atoms with E-state index in [0.29, 0.717) is 0 Å². The largest absolute Gasteiger partial charge is 0.352 e. The number of halogens is 1. The van der Waals surface area contributed by atoms with Crippen molar-refractivity contribution in [1.82, 2.24) is 0 Å². The monoisotopic (exact) mass is 257 g/mol. The van der Waals surface area contributed by atoms with Gasteiger partial charge in [0.25, 0.3) is 0 Å². The van der Waals surface area contributed by atoms with Crippen LogP contribution in [-0.2, 0) is 6.42 Å². The number of thiocarbonyl (C=S) groups is 1. The smallest absolute Gasteiger partial charge is 0.0659 e. The van der Waals surface area contributed by atoms with Crippen LogP contribution in [0.2, 0.25) is 0 Å². The number of hydrogen-bond donors (Lipinski definition) is 1. The van der Waals surface area contributed by atoms with Crippen molar-refractivity contribution in [3.8, 4) is 0 Å². The molecular formula is C10H12BrNS. The van der Waals surface area contributed by atoms with Gasteiger partial charge in [-0.1, -0.05) is 41.5 Å². The van der Waals surface area contributed by atoms with Gasteiger partial charge in [-0.25, -0.2) is 0 Å². The molecule has 0 amide bonds. The van der Waals surface area contributed by atoms with Gasteiger partial charge in [0.15, 0.2) is 0 Å². The van der Waals surface area contributed by atoms with Crippen LogP contribution in [-0.4, -0.2) is 5.49 Å². The summed E-state index contributed by atoms with van der Waals surface area (Å²) >= 11 is 8.22. The van der Waals surface area contributed by atoms with Crippen LogP contribution in [0.15, 0.2) is 22.7 Å². The fourth-order valence-corrected chi connectivity index (χ4v) is 1.78. The summed E-state index contributed by atoms with van der Waals surface area (Å²) in [6, 6.07) is 6.18. The minimum absolute atomic E-state index is 1.07. The molecule has 13 heavy (non-hydrogen) atoms. The zero-order valence-corrected chi connectivity index (χ0v) is 9.91. The van der Waals surface area contributed by atoms with E-state index in [0.717, 1.165) is 23.0 Å². The molecule has 0 saturated heterocycles. The van der Waals surface area contributed by atoms with E-state index in [-0.39, 0.29) is 0 Å². The normalized spacial score (nSPS) is 9.69. The molecule has 70 valence electrons. The topological polar surface area (TPSA) is 12.0 Å². The summed E-state index contributed by atoms with van der Waals surface area (Å²) < 4.78 is 1.12. The van der Waals surface area contributed by atoms with Crippen LogP contribution in [0.5, 0.6) is 0 Å². The first-order valence-corrected chi connectivity index (χ1v) is 5.53. The van der Waals surface area contributed by atoms with Gasteiger partial charge in [-0.3, -0.25) is 0 Å². The van der Waals surface area contributed by atoms with E-state index in [9.17, 15) is 0 Å². The van der Waals surface area contributed by atoms with Crippen molar-refractivity contribution in [3.63, 3.8) is 0 Å². The standard InChI is InChI=1S/C10H12BrNS/c1-2-3-8-6-9(11)4-5-10(8)12-7-13/h4-7H,2-3H2,1H3,(H,12,13). The molecule has 1 nitrogen and oxygen atoms in total. The molecule has 1 aromatic carbocycles. The van der Waals surface area contributed by atoms with Gasteiger partial charge in [-0.2, -0.15) is 0 Å². The minimum atomic E-state index is 1.07. The maximum Gasteiger partial charge on any atom is 0.0659 e. The second-order valence-corrected chi connectivity index (χ2v) is 3.97. The van der Waals surface area contributed by atoms with Crippen molar-refractivity contribution >= 4 is 39.3 Å². The Morgan fingerprint density at radius 1 is 1.54 bits per heavy atom. The van der Waals surface area contributed by atoms with Crippen LogP contribution in [0.1, 0.15) is 18.9 Å². The maximum atomic E-state index is 4.76. The maximum absolute atomic E-state index is 4.76. The first kappa shape index (κ1) is 10.7. The Kier molecular flexibility index (Phi) is 4.39. The molecule has 0 aliphatic carbocycles. The molecule has 1 aromatic rings. The second kappa shape index (κ2) is 5.35. The molecule has 0 spiro atoms. The average molecular weight is 258 g/mol. The van der Waals surface area contributed by atoms with Gasteiger partial charge >= 0.3 is 0 Å². The highest BCUT2D eigenvalue weighted by Gasteiger charge is 2.00. The molecule has 0 radical (unpaired) electrons. The second-order valence-electron chi connectivity index (χ2n) is 2.81. The number of nitrogens with one attached hydrogen (secondary N) is 1. The molecule has 0 saturated carbocycles. The molecule has 0 aromatic heterocycles. The summed E-state index contributed by atoms with van der Waals surface area (Å²) in [7, 11) is 0. The highest BCUT2D eigenvalue weighted by atomic mass is 79.9. The van der Waals surface area contributed by atoms with Gasteiger partial charge in [-0.05, 0) is 30.2 Å². The van der Waals surface area contributed by atoms with Crippen LogP contribution >= 0.6 is 28.1 Å². The molecule has 0 bridgehead atoms. The summed E-state index contributed by atoms with van der Waals surface area (Å²) in [6.45, 7) is 2.17. The molecule has 0 heterocycles. The van der Waals surface area contributed by atoms with E-state index in [1.165, 1.54) is 5.56 Å². The van der Waals surface area contributed by atoms with E-state index >= 15 is 0 Å². The Morgan fingerprint density at radius 3 is 2.92 bits per heavy atom. The van der Waals surface area contributed by atoms with Gasteiger partial charge in [0.05, 0.1) is 5.49 Å². The summed E-state index contributed by atoms with van der Waals surface area (Å²) in [5, 5.41) is 3.06. The molecule has 0 aliphatic heterocycles. The highest BCUT2D eigenvalue weighted by molar-refractivity contribution is 9.10. The first-order valence-electron chi connectivity index (χ1n) is 4.26. The van der Waals surface area contributed by atoms with Gasteiger partial charge < -0.3 is 5.32 Å². The number of anilines is 1. The van der Waals surface area contributed by atoms with Crippen molar-refractivity contribution < 1.29 is 0 Å². The van der Waals surface area contributed by atoms with E-state index in [2.05, 4.69) is 34.2 Å². The molecule has 0 aliphatic rings. The first-order chi connectivity index (χ1) is 6.27. The van der Waals surface area contributed by atoms with Crippen LogP contribution in [0, 0.1) is 0 Å². The third kappa shape index (κ3) is 3.08. The van der Waals surface area contributed by atoms with Crippen LogP contribution in [0.4, 0.5) is 5.69 Å². The van der Waals surface area contributed by atoms with Gasteiger partial charge in [0.1, 0.15) is 0 Å². The van der Waals surface area contributed by atoms with E-state index < -0.39 is 0 Å². The molecule has 0 fully saturated rings. The Hall–Kier alpha value is -0.410. The van der Waals surface area contributed by atoms with Crippen molar-refractivity contribution in [2.24, 2.45) is 0 Å². The lowest BCUT2D eigenvalue weighted by molar-refractivity contribution is 0.923. The summed E-state index contributed by atoms with van der Waals surface area (Å²) in [6.07, 6.45) is 2.22. The summed E-state index contributed by atoms with van der Waals surface area (Å²) in [4.78, 5) is 0. The van der Waals surface area contributed by atoms with E-state index in [4.69, 9.17) is 12.2 Å². The molecule has 0 unspecified atom stereocenters. The number of rotatable bonds is 4. The highest BCUT2D eigenvalue weighted by Crippen LogP contribution is 2.21. The molecule has 1 N–H and O–H groups in total. The van der Waals surface area contributed by atoms with Crippen molar-refractivity contribution in [3.05, 3.63) is 28.2 Å². The van der Waals surface area contributed by atoms with E-state index in [1.54, 1.807) is 5.49 Å². The Labute approximate surface area is 92.7 Å². The summed E-state index contributed by atoms with van der Waals surface area (Å²) in [5.41, 5.74) is 3.96. The quantitative estimate of drug-likeness (QED) is 0.825. The van der Waals surface area contributed by atoms with Gasteiger partial charge in [0, 0.05) is 10.2 Å². The Balaban J connectivity index is 2.95. The molecule has 1 rings (SSSR count). The van der Waals surface area contributed by atoms with Crippen molar-refractivity contribution in [1.29, 1.82) is 0 Å². The van der Waals surface area contributed by atoms with Crippen LogP contribution in [0.25, 0.3) is 0 Å². The zero-order chi connectivity index (χ0) is 9.68. The van der Waals surface area contributed by atoms with Crippen LogP contribution < -0.4 is 5.32 Å². The molecule has 0 atom stereocenters. The molecular weight excluding hydrogens is 246 g/mol. The number of aryl methyl sites for hydroxylation is 1. The zero-order valence-electron chi connectivity index (χ0n) is 7.51. The lowest BCUT2D eigenvalue weighted by Crippen LogP contribution is -1.97. The van der Waals surface area contributed by atoms with Crippen molar-refractivity contribution in [2.75, 3.05) is 5.32 Å². The third-order valence-corrected chi connectivity index (χ3v) is 2.41. The lowest BCUT2D eigenvalue weighted by Gasteiger charge is -2.07. The predicted molar refractivity (Wildman–Crippen MR) is 65.4 cm³/mol. The summed E-state index contributed by atoms with van der Waals surface area (Å²) in [5.74, 6) is 0. The number of hydrogen-bond acceptors (Lipinski definition) is 1.